The van der Waals surface area contributed by atoms with Crippen LogP contribution in [0.5, 0.6) is 0 Å². The zero-order chi connectivity index (χ0) is 16.2. The monoisotopic (exact) mass is 315 g/mol. The van der Waals surface area contributed by atoms with E-state index >= 15 is 0 Å². The molecule has 5 heteroatoms. The van der Waals surface area contributed by atoms with Gasteiger partial charge in [-0.05, 0) is 32.5 Å². The number of rotatable bonds is 6. The third-order valence-electron chi connectivity index (χ3n) is 4.54. The van der Waals surface area contributed by atoms with Crippen LogP contribution in [0.3, 0.4) is 0 Å². The second kappa shape index (κ2) is 7.25. The molecule has 0 radical (unpaired) electrons. The lowest BCUT2D eigenvalue weighted by molar-refractivity contribution is 0.119. The van der Waals surface area contributed by atoms with Gasteiger partial charge in [-0.15, -0.1) is 0 Å². The van der Waals surface area contributed by atoms with E-state index in [-0.39, 0.29) is 0 Å². The second-order valence-corrected chi connectivity index (χ2v) is 6.41. The van der Waals surface area contributed by atoms with E-state index in [4.69, 9.17) is 4.42 Å². The molecule has 0 saturated carbocycles. The molecule has 1 N–H and O–H groups in total. The number of hydrogen-bond donors (Lipinski definition) is 1. The molecule has 1 saturated heterocycles. The van der Waals surface area contributed by atoms with Crippen molar-refractivity contribution in [3.8, 4) is 0 Å². The Kier molecular flexibility index (Phi) is 5.10. The molecule has 0 spiro atoms. The largest absolute Gasteiger partial charge is 0.445 e. The van der Waals surface area contributed by atoms with Crippen LogP contribution >= 0.6 is 0 Å². The molecule has 1 aliphatic heterocycles. The number of aliphatic hydroxyl groups excluding tert-OH is 1. The van der Waals surface area contributed by atoms with E-state index in [0.29, 0.717) is 12.6 Å². The highest BCUT2D eigenvalue weighted by Crippen LogP contribution is 2.20. The fraction of sp³-hybridized carbons (Fsp3) is 0.500. The molecular weight excluding hydrogens is 290 g/mol. The van der Waals surface area contributed by atoms with Crippen molar-refractivity contribution in [1.82, 2.24) is 14.8 Å². The average molecular weight is 315 g/mol. The van der Waals surface area contributed by atoms with Gasteiger partial charge in [0.05, 0.1) is 18.8 Å². The average Bonchev–Trinajstić information content (AvgIpc) is 3.17. The normalized spacial score (nSPS) is 20.3. The van der Waals surface area contributed by atoms with Gasteiger partial charge in [-0.2, -0.15) is 0 Å². The maximum Gasteiger partial charge on any atom is 0.208 e. The summed E-state index contributed by atoms with van der Waals surface area (Å²) in [5.74, 6) is 1.63. The first kappa shape index (κ1) is 16.2. The number of likely N-dealkylation sites (N-methyl/N-ethyl adjacent to an activating group) is 1. The fourth-order valence-corrected chi connectivity index (χ4v) is 3.18. The smallest absolute Gasteiger partial charge is 0.208 e. The SMILES string of the molecule is Cc1cnc(CN(C)[C@H]2CCN(C[C@@H](O)c3ccccc3)C2)o1. The van der Waals surface area contributed by atoms with Gasteiger partial charge in [-0.3, -0.25) is 9.80 Å². The Morgan fingerprint density at radius 2 is 2.17 bits per heavy atom. The van der Waals surface area contributed by atoms with Gasteiger partial charge < -0.3 is 9.52 Å². The Balaban J connectivity index is 1.50. The first-order valence-electron chi connectivity index (χ1n) is 8.18. The number of nitrogens with zero attached hydrogens (tertiary/aromatic N) is 3. The maximum absolute atomic E-state index is 10.4. The van der Waals surface area contributed by atoms with Gasteiger partial charge in [0.15, 0.2) is 0 Å². The quantitative estimate of drug-likeness (QED) is 0.886. The van der Waals surface area contributed by atoms with Gasteiger partial charge in [-0.25, -0.2) is 4.98 Å². The Labute approximate surface area is 137 Å². The third-order valence-corrected chi connectivity index (χ3v) is 4.54. The van der Waals surface area contributed by atoms with Crippen molar-refractivity contribution in [2.45, 2.75) is 32.0 Å². The molecule has 23 heavy (non-hydrogen) atoms. The van der Waals surface area contributed by atoms with E-state index in [1.807, 2.05) is 37.3 Å². The lowest BCUT2D eigenvalue weighted by Gasteiger charge is -2.24. The first-order chi connectivity index (χ1) is 11.1. The molecule has 0 aliphatic carbocycles. The van der Waals surface area contributed by atoms with Crippen LogP contribution in [0.15, 0.2) is 40.9 Å². The predicted molar refractivity (Wildman–Crippen MR) is 89.0 cm³/mol. The molecule has 5 nitrogen and oxygen atoms in total. The van der Waals surface area contributed by atoms with E-state index < -0.39 is 6.10 Å². The van der Waals surface area contributed by atoms with Gasteiger partial charge >= 0.3 is 0 Å². The van der Waals surface area contributed by atoms with Gasteiger partial charge in [-0.1, -0.05) is 30.3 Å². The molecule has 1 aliphatic rings. The van der Waals surface area contributed by atoms with Crippen LogP contribution < -0.4 is 0 Å². The van der Waals surface area contributed by atoms with E-state index in [9.17, 15) is 5.11 Å². The van der Waals surface area contributed by atoms with Gasteiger partial charge in [0.25, 0.3) is 0 Å². The van der Waals surface area contributed by atoms with Crippen LogP contribution in [0.1, 0.15) is 29.7 Å². The van der Waals surface area contributed by atoms with Crippen molar-refractivity contribution >= 4 is 0 Å². The number of aliphatic hydroxyl groups is 1. The minimum Gasteiger partial charge on any atom is -0.445 e. The molecule has 124 valence electrons. The van der Waals surface area contributed by atoms with Crippen molar-refractivity contribution in [1.29, 1.82) is 0 Å². The number of aromatic nitrogens is 1. The maximum atomic E-state index is 10.4. The lowest BCUT2D eigenvalue weighted by Crippen LogP contribution is -2.35. The highest BCUT2D eigenvalue weighted by atomic mass is 16.4. The number of benzene rings is 1. The summed E-state index contributed by atoms with van der Waals surface area (Å²) in [6, 6.07) is 10.4. The standard InChI is InChI=1S/C18H25N3O2/c1-14-10-19-18(23-14)13-20(2)16-8-9-21(11-16)12-17(22)15-6-4-3-5-7-15/h3-7,10,16-17,22H,8-9,11-13H2,1-2H3/t16-,17+/m0/s1. The highest BCUT2D eigenvalue weighted by molar-refractivity contribution is 5.17. The number of likely N-dealkylation sites (tertiary alicyclic amines) is 1. The summed E-state index contributed by atoms with van der Waals surface area (Å²) in [7, 11) is 2.11. The summed E-state index contributed by atoms with van der Waals surface area (Å²) in [5.41, 5.74) is 0.986. The summed E-state index contributed by atoms with van der Waals surface area (Å²) in [4.78, 5) is 8.90. The van der Waals surface area contributed by atoms with Crippen molar-refractivity contribution in [2.24, 2.45) is 0 Å². The summed E-state index contributed by atoms with van der Waals surface area (Å²) in [6.45, 7) is 5.32. The Bertz CT molecular complexity index is 614. The van der Waals surface area contributed by atoms with Crippen LogP contribution in [0.4, 0.5) is 0 Å². The van der Waals surface area contributed by atoms with Crippen molar-refractivity contribution < 1.29 is 9.52 Å². The number of β-amino-alcohol motifs (C(OH)–C–C–N with tert-alkyl or cyclic N) is 1. The second-order valence-electron chi connectivity index (χ2n) is 6.41. The molecular formula is C18H25N3O2. The molecule has 0 unspecified atom stereocenters. The molecule has 0 amide bonds. The first-order valence-corrected chi connectivity index (χ1v) is 8.18. The van der Waals surface area contributed by atoms with Crippen LogP contribution in [-0.4, -0.2) is 52.6 Å². The number of oxazole rings is 1. The molecule has 0 bridgehead atoms. The van der Waals surface area contributed by atoms with Crippen LogP contribution in [0.2, 0.25) is 0 Å². The zero-order valence-electron chi connectivity index (χ0n) is 13.9. The number of hydrogen-bond acceptors (Lipinski definition) is 5. The summed E-state index contributed by atoms with van der Waals surface area (Å²) in [5, 5.41) is 10.4. The summed E-state index contributed by atoms with van der Waals surface area (Å²) in [6.07, 6.45) is 2.45. The minimum absolute atomic E-state index is 0.422. The van der Waals surface area contributed by atoms with Crippen molar-refractivity contribution in [2.75, 3.05) is 26.7 Å². The van der Waals surface area contributed by atoms with E-state index in [1.165, 1.54) is 0 Å². The third kappa shape index (κ3) is 4.19. The Hall–Kier alpha value is -1.69. The van der Waals surface area contributed by atoms with Gasteiger partial charge in [0.1, 0.15) is 5.76 Å². The van der Waals surface area contributed by atoms with Crippen LogP contribution in [0, 0.1) is 6.92 Å². The molecule has 3 rings (SSSR count). The summed E-state index contributed by atoms with van der Waals surface area (Å²) >= 11 is 0. The zero-order valence-corrected chi connectivity index (χ0v) is 13.9. The topological polar surface area (TPSA) is 52.7 Å². The fourth-order valence-electron chi connectivity index (χ4n) is 3.18. The van der Waals surface area contributed by atoms with E-state index in [1.54, 1.807) is 6.20 Å². The molecule has 2 heterocycles. The number of aryl methyl sites for hydroxylation is 1. The molecule has 1 fully saturated rings. The Morgan fingerprint density at radius 1 is 1.39 bits per heavy atom. The van der Waals surface area contributed by atoms with Gasteiger partial charge in [0.2, 0.25) is 5.89 Å². The predicted octanol–water partition coefficient (Wildman–Crippen LogP) is 2.22. The molecule has 1 aromatic carbocycles. The molecule has 2 aromatic rings. The summed E-state index contributed by atoms with van der Waals surface area (Å²) < 4.78 is 5.56. The minimum atomic E-state index is -0.422. The lowest BCUT2D eigenvalue weighted by atomic mass is 10.1. The van der Waals surface area contributed by atoms with Crippen molar-refractivity contribution in [3.63, 3.8) is 0 Å². The Morgan fingerprint density at radius 3 is 2.87 bits per heavy atom. The van der Waals surface area contributed by atoms with Crippen molar-refractivity contribution in [3.05, 3.63) is 53.7 Å². The molecule has 1 aromatic heterocycles. The van der Waals surface area contributed by atoms with Crippen LogP contribution in [-0.2, 0) is 6.54 Å². The van der Waals surface area contributed by atoms with E-state index in [2.05, 4.69) is 21.8 Å². The van der Waals surface area contributed by atoms with E-state index in [0.717, 1.165) is 43.3 Å². The molecule has 2 atom stereocenters. The van der Waals surface area contributed by atoms with Crippen LogP contribution in [0.25, 0.3) is 0 Å². The highest BCUT2D eigenvalue weighted by Gasteiger charge is 2.27. The van der Waals surface area contributed by atoms with Gasteiger partial charge in [0, 0.05) is 19.1 Å².